The second-order valence-electron chi connectivity index (χ2n) is 5.04. The van der Waals surface area contributed by atoms with Crippen molar-refractivity contribution in [3.05, 3.63) is 28.8 Å². The highest BCUT2D eigenvalue weighted by molar-refractivity contribution is 5.77. The molecular formula is C15H20N2O2. The molecule has 0 heterocycles. The second-order valence-corrected chi connectivity index (χ2v) is 5.04. The Balaban J connectivity index is 2.64. The summed E-state index contributed by atoms with van der Waals surface area (Å²) in [4.78, 5) is 11.6. The minimum absolute atomic E-state index is 0.000298. The van der Waals surface area contributed by atoms with Crippen molar-refractivity contribution in [2.75, 3.05) is 13.2 Å². The Labute approximate surface area is 114 Å². The average molecular weight is 260 g/mol. The molecule has 1 rings (SSSR count). The first-order chi connectivity index (χ1) is 8.93. The van der Waals surface area contributed by atoms with Gasteiger partial charge in [-0.2, -0.15) is 5.26 Å². The second kappa shape index (κ2) is 6.79. The standard InChI is InChI=1S/C15H20N2O2/c1-10(2)8-17-14(18)9-19-15-11(3)5-13(7-16)6-12(15)4/h5-6,10H,8-9H2,1-4H3,(H,17,18). The summed E-state index contributed by atoms with van der Waals surface area (Å²) in [6.45, 7) is 8.46. The minimum atomic E-state index is -0.128. The third-order valence-electron chi connectivity index (χ3n) is 2.64. The van der Waals surface area contributed by atoms with Gasteiger partial charge < -0.3 is 10.1 Å². The van der Waals surface area contributed by atoms with Gasteiger partial charge in [0.1, 0.15) is 5.75 Å². The summed E-state index contributed by atoms with van der Waals surface area (Å²) in [5, 5.41) is 11.7. The maximum Gasteiger partial charge on any atom is 0.257 e. The SMILES string of the molecule is Cc1cc(C#N)cc(C)c1OCC(=O)NCC(C)C. The lowest BCUT2D eigenvalue weighted by Crippen LogP contribution is -2.31. The summed E-state index contributed by atoms with van der Waals surface area (Å²) in [5.41, 5.74) is 2.34. The number of nitrogens with one attached hydrogen (secondary N) is 1. The average Bonchev–Trinajstić information content (AvgIpc) is 2.34. The fourth-order valence-corrected chi connectivity index (χ4v) is 1.75. The van der Waals surface area contributed by atoms with Gasteiger partial charge in [0.15, 0.2) is 6.61 Å². The molecule has 0 aliphatic carbocycles. The Bertz CT molecular complexity index is 478. The number of nitriles is 1. The first-order valence-electron chi connectivity index (χ1n) is 6.35. The third kappa shape index (κ3) is 4.63. The van der Waals surface area contributed by atoms with E-state index in [1.165, 1.54) is 0 Å². The minimum Gasteiger partial charge on any atom is -0.483 e. The molecule has 102 valence electrons. The molecule has 0 saturated carbocycles. The lowest BCUT2D eigenvalue weighted by atomic mass is 10.1. The molecule has 4 nitrogen and oxygen atoms in total. The Kier molecular flexibility index (Phi) is 5.37. The molecule has 1 aromatic rings. The third-order valence-corrected chi connectivity index (χ3v) is 2.64. The van der Waals surface area contributed by atoms with Crippen molar-refractivity contribution in [3.8, 4) is 11.8 Å². The molecule has 0 fully saturated rings. The van der Waals surface area contributed by atoms with Gasteiger partial charge in [0.2, 0.25) is 0 Å². The highest BCUT2D eigenvalue weighted by Crippen LogP contribution is 2.24. The zero-order valence-electron chi connectivity index (χ0n) is 11.9. The monoisotopic (exact) mass is 260 g/mol. The van der Waals surface area contributed by atoms with Crippen molar-refractivity contribution in [1.82, 2.24) is 5.32 Å². The first-order valence-corrected chi connectivity index (χ1v) is 6.35. The summed E-state index contributed by atoms with van der Waals surface area (Å²) in [7, 11) is 0. The van der Waals surface area contributed by atoms with Gasteiger partial charge in [-0.3, -0.25) is 4.79 Å². The normalized spacial score (nSPS) is 10.1. The summed E-state index contributed by atoms with van der Waals surface area (Å²) in [5.74, 6) is 0.970. The smallest absolute Gasteiger partial charge is 0.257 e. The highest BCUT2D eigenvalue weighted by Gasteiger charge is 2.09. The molecule has 0 saturated heterocycles. The molecule has 0 radical (unpaired) electrons. The van der Waals surface area contributed by atoms with Crippen LogP contribution in [0.4, 0.5) is 0 Å². The molecule has 0 aromatic heterocycles. The lowest BCUT2D eigenvalue weighted by Gasteiger charge is -2.13. The van der Waals surface area contributed by atoms with Crippen LogP contribution in [0.1, 0.15) is 30.5 Å². The van der Waals surface area contributed by atoms with Crippen molar-refractivity contribution in [2.24, 2.45) is 5.92 Å². The van der Waals surface area contributed by atoms with E-state index in [-0.39, 0.29) is 12.5 Å². The largest absolute Gasteiger partial charge is 0.483 e. The summed E-state index contributed by atoms with van der Waals surface area (Å²) < 4.78 is 5.54. The fraction of sp³-hybridized carbons (Fsp3) is 0.467. The van der Waals surface area contributed by atoms with Gasteiger partial charge in [-0.05, 0) is 43.0 Å². The number of aryl methyl sites for hydroxylation is 2. The quantitative estimate of drug-likeness (QED) is 0.883. The molecule has 0 aliphatic rings. The van der Waals surface area contributed by atoms with E-state index in [1.807, 2.05) is 27.7 Å². The number of nitrogens with zero attached hydrogens (tertiary/aromatic N) is 1. The van der Waals surface area contributed by atoms with Crippen LogP contribution in [0.2, 0.25) is 0 Å². The molecule has 0 unspecified atom stereocenters. The molecule has 0 spiro atoms. The molecule has 0 aliphatic heterocycles. The van der Waals surface area contributed by atoms with Gasteiger partial charge in [-0.15, -0.1) is 0 Å². The van der Waals surface area contributed by atoms with Crippen LogP contribution >= 0.6 is 0 Å². The van der Waals surface area contributed by atoms with Crippen LogP contribution in [0, 0.1) is 31.1 Å². The number of ether oxygens (including phenoxy) is 1. The molecule has 4 heteroatoms. The predicted molar refractivity (Wildman–Crippen MR) is 74.0 cm³/mol. The van der Waals surface area contributed by atoms with Crippen molar-refractivity contribution in [3.63, 3.8) is 0 Å². The first kappa shape index (κ1) is 15.0. The van der Waals surface area contributed by atoms with E-state index in [9.17, 15) is 4.79 Å². The van der Waals surface area contributed by atoms with Crippen molar-refractivity contribution >= 4 is 5.91 Å². The Morgan fingerprint density at radius 3 is 2.42 bits per heavy atom. The molecule has 1 aromatic carbocycles. The number of carbonyl (C=O) groups is 1. The molecular weight excluding hydrogens is 240 g/mol. The van der Waals surface area contributed by atoms with Gasteiger partial charge in [-0.25, -0.2) is 0 Å². The lowest BCUT2D eigenvalue weighted by molar-refractivity contribution is -0.123. The van der Waals surface area contributed by atoms with Crippen LogP contribution < -0.4 is 10.1 Å². The zero-order valence-corrected chi connectivity index (χ0v) is 11.9. The molecule has 19 heavy (non-hydrogen) atoms. The van der Waals surface area contributed by atoms with E-state index in [0.717, 1.165) is 11.1 Å². The van der Waals surface area contributed by atoms with Gasteiger partial charge in [0.25, 0.3) is 5.91 Å². The van der Waals surface area contributed by atoms with E-state index < -0.39 is 0 Å². The Morgan fingerprint density at radius 1 is 1.37 bits per heavy atom. The maximum absolute atomic E-state index is 11.6. The van der Waals surface area contributed by atoms with Crippen molar-refractivity contribution < 1.29 is 9.53 Å². The zero-order chi connectivity index (χ0) is 14.4. The number of carbonyl (C=O) groups excluding carboxylic acids is 1. The van der Waals surface area contributed by atoms with Crippen LogP contribution in [0.15, 0.2) is 12.1 Å². The molecule has 1 amide bonds. The van der Waals surface area contributed by atoms with E-state index in [2.05, 4.69) is 11.4 Å². The van der Waals surface area contributed by atoms with Gasteiger partial charge in [0, 0.05) is 6.54 Å². The van der Waals surface area contributed by atoms with Crippen molar-refractivity contribution in [1.29, 1.82) is 5.26 Å². The van der Waals surface area contributed by atoms with Gasteiger partial charge in [0.05, 0.1) is 11.6 Å². The van der Waals surface area contributed by atoms with E-state index in [0.29, 0.717) is 23.8 Å². The van der Waals surface area contributed by atoms with E-state index >= 15 is 0 Å². The molecule has 0 atom stereocenters. The van der Waals surface area contributed by atoms with Crippen molar-refractivity contribution in [2.45, 2.75) is 27.7 Å². The Hall–Kier alpha value is -2.02. The molecule has 0 bridgehead atoms. The Morgan fingerprint density at radius 2 is 1.95 bits per heavy atom. The van der Waals surface area contributed by atoms with Crippen LogP contribution in [0.25, 0.3) is 0 Å². The number of amides is 1. The number of benzene rings is 1. The van der Waals surface area contributed by atoms with E-state index in [1.54, 1.807) is 12.1 Å². The summed E-state index contributed by atoms with van der Waals surface area (Å²) in [6.07, 6.45) is 0. The maximum atomic E-state index is 11.6. The number of rotatable bonds is 5. The van der Waals surface area contributed by atoms with Crippen LogP contribution in [-0.4, -0.2) is 19.1 Å². The van der Waals surface area contributed by atoms with Crippen LogP contribution in [0.5, 0.6) is 5.75 Å². The number of hydrogen-bond acceptors (Lipinski definition) is 3. The predicted octanol–water partition coefficient (Wildman–Crippen LogP) is 2.33. The summed E-state index contributed by atoms with van der Waals surface area (Å²) in [6, 6.07) is 5.62. The van der Waals surface area contributed by atoms with Crippen LogP contribution in [0.3, 0.4) is 0 Å². The van der Waals surface area contributed by atoms with Crippen LogP contribution in [-0.2, 0) is 4.79 Å². The highest BCUT2D eigenvalue weighted by atomic mass is 16.5. The van der Waals surface area contributed by atoms with Gasteiger partial charge >= 0.3 is 0 Å². The van der Waals surface area contributed by atoms with E-state index in [4.69, 9.17) is 10.00 Å². The molecule has 1 N–H and O–H groups in total. The fourth-order valence-electron chi connectivity index (χ4n) is 1.75. The summed E-state index contributed by atoms with van der Waals surface area (Å²) >= 11 is 0. The van der Waals surface area contributed by atoms with Gasteiger partial charge in [-0.1, -0.05) is 13.8 Å². The topological polar surface area (TPSA) is 62.1 Å². The number of hydrogen-bond donors (Lipinski definition) is 1.